The Bertz CT molecular complexity index is 436. The fourth-order valence-electron chi connectivity index (χ4n) is 1.67. The van der Waals surface area contributed by atoms with Crippen LogP contribution in [0.15, 0.2) is 29.2 Å². The van der Waals surface area contributed by atoms with Crippen LogP contribution in [0.4, 0.5) is 0 Å². The lowest BCUT2D eigenvalue weighted by atomic mass is 9.97. The van der Waals surface area contributed by atoms with E-state index in [0.29, 0.717) is 36.6 Å². The molecular formula is C15H22ClNO2S. The van der Waals surface area contributed by atoms with Gasteiger partial charge in [-0.1, -0.05) is 37.6 Å². The molecule has 0 aliphatic carbocycles. The minimum absolute atomic E-state index is 0.0371. The van der Waals surface area contributed by atoms with Gasteiger partial charge in [0.25, 0.3) is 0 Å². The number of hydrogen-bond acceptors (Lipinski definition) is 3. The molecule has 1 aromatic rings. The summed E-state index contributed by atoms with van der Waals surface area (Å²) in [4.78, 5) is 12.7. The van der Waals surface area contributed by atoms with Crippen molar-refractivity contribution < 1.29 is 9.90 Å². The Morgan fingerprint density at radius 1 is 1.35 bits per heavy atom. The Hall–Kier alpha value is -0.710. The van der Waals surface area contributed by atoms with Crippen LogP contribution >= 0.6 is 23.4 Å². The Kier molecular flexibility index (Phi) is 7.41. The van der Waals surface area contributed by atoms with E-state index in [4.69, 9.17) is 11.6 Å². The van der Waals surface area contributed by atoms with Crippen LogP contribution < -0.4 is 5.32 Å². The Morgan fingerprint density at radius 3 is 2.60 bits per heavy atom. The van der Waals surface area contributed by atoms with Gasteiger partial charge < -0.3 is 10.4 Å². The summed E-state index contributed by atoms with van der Waals surface area (Å²) in [6.07, 6.45) is 1.69. The summed E-state index contributed by atoms with van der Waals surface area (Å²) in [6, 6.07) is 7.59. The number of nitrogens with one attached hydrogen (secondary N) is 1. The second-order valence-corrected chi connectivity index (χ2v) is 6.28. The van der Waals surface area contributed by atoms with Crippen molar-refractivity contribution in [2.45, 2.75) is 43.6 Å². The average molecular weight is 316 g/mol. The minimum atomic E-state index is -0.786. The average Bonchev–Trinajstić information content (AvgIpc) is 2.47. The van der Waals surface area contributed by atoms with Crippen LogP contribution in [-0.4, -0.2) is 28.9 Å². The molecule has 0 aliphatic rings. The van der Waals surface area contributed by atoms with Crippen molar-refractivity contribution in [2.75, 3.05) is 12.3 Å². The maximum atomic E-state index is 11.7. The number of aliphatic hydroxyl groups is 1. The molecule has 0 spiro atoms. The molecule has 1 aromatic carbocycles. The molecule has 112 valence electrons. The monoisotopic (exact) mass is 315 g/mol. The van der Waals surface area contributed by atoms with Crippen LogP contribution in [0.5, 0.6) is 0 Å². The van der Waals surface area contributed by atoms with Crippen LogP contribution in [0.25, 0.3) is 0 Å². The van der Waals surface area contributed by atoms with Crippen molar-refractivity contribution in [3.63, 3.8) is 0 Å². The topological polar surface area (TPSA) is 49.3 Å². The maximum Gasteiger partial charge on any atom is 0.220 e. The molecule has 5 heteroatoms. The predicted molar refractivity (Wildman–Crippen MR) is 85.3 cm³/mol. The molecule has 0 aliphatic heterocycles. The Morgan fingerprint density at radius 2 is 2.00 bits per heavy atom. The second kappa shape index (κ2) is 8.55. The van der Waals surface area contributed by atoms with Gasteiger partial charge in [-0.3, -0.25) is 4.79 Å². The van der Waals surface area contributed by atoms with Crippen LogP contribution in [0.3, 0.4) is 0 Å². The molecule has 0 fully saturated rings. The third-order valence-corrected chi connectivity index (χ3v) is 4.87. The number of benzene rings is 1. The number of hydrogen-bond donors (Lipinski definition) is 2. The molecular weight excluding hydrogens is 294 g/mol. The third kappa shape index (κ3) is 5.73. The van der Waals surface area contributed by atoms with Crippen LogP contribution in [0.1, 0.15) is 33.1 Å². The summed E-state index contributed by atoms with van der Waals surface area (Å²) in [5.74, 6) is 0.636. The van der Waals surface area contributed by atoms with Crippen molar-refractivity contribution in [2.24, 2.45) is 0 Å². The molecule has 0 heterocycles. The van der Waals surface area contributed by atoms with Crippen LogP contribution in [0, 0.1) is 0 Å². The first-order valence-corrected chi connectivity index (χ1v) is 8.23. The zero-order chi connectivity index (χ0) is 15.0. The van der Waals surface area contributed by atoms with Gasteiger partial charge in [-0.25, -0.2) is 0 Å². The summed E-state index contributed by atoms with van der Waals surface area (Å²) in [5.41, 5.74) is -0.786. The lowest BCUT2D eigenvalue weighted by Crippen LogP contribution is -2.42. The van der Waals surface area contributed by atoms with Crippen LogP contribution in [0.2, 0.25) is 5.02 Å². The summed E-state index contributed by atoms with van der Waals surface area (Å²) >= 11 is 7.61. The van der Waals surface area contributed by atoms with E-state index in [9.17, 15) is 9.90 Å². The SMILES string of the molecule is CCC(O)(CC)CNC(=O)CCSc1ccccc1Cl. The van der Waals surface area contributed by atoms with Crippen molar-refractivity contribution >= 4 is 29.3 Å². The zero-order valence-corrected chi connectivity index (χ0v) is 13.6. The minimum Gasteiger partial charge on any atom is -0.388 e. The highest BCUT2D eigenvalue weighted by Gasteiger charge is 2.22. The van der Waals surface area contributed by atoms with Gasteiger partial charge in [0.2, 0.25) is 5.91 Å². The molecule has 3 nitrogen and oxygen atoms in total. The molecule has 0 unspecified atom stereocenters. The molecule has 2 N–H and O–H groups in total. The highest BCUT2D eigenvalue weighted by Crippen LogP contribution is 2.26. The molecule has 1 amide bonds. The standard InChI is InChI=1S/C15H22ClNO2S/c1-3-15(19,4-2)11-17-14(18)9-10-20-13-8-6-5-7-12(13)16/h5-8,19H,3-4,9-11H2,1-2H3,(H,17,18). The molecule has 0 aromatic heterocycles. The van der Waals surface area contributed by atoms with Gasteiger partial charge in [0.05, 0.1) is 10.6 Å². The van der Waals surface area contributed by atoms with Gasteiger partial charge in [0, 0.05) is 23.6 Å². The van der Waals surface area contributed by atoms with E-state index < -0.39 is 5.60 Å². The normalized spacial score (nSPS) is 11.4. The van der Waals surface area contributed by atoms with E-state index in [1.165, 1.54) is 0 Å². The molecule has 0 saturated heterocycles. The molecule has 0 atom stereocenters. The first-order chi connectivity index (χ1) is 9.50. The summed E-state index contributed by atoms with van der Waals surface area (Å²) in [6.45, 7) is 4.15. The van der Waals surface area contributed by atoms with Gasteiger partial charge in [0.15, 0.2) is 0 Å². The lowest BCUT2D eigenvalue weighted by Gasteiger charge is -2.25. The number of amides is 1. The van der Waals surface area contributed by atoms with Crippen molar-refractivity contribution in [3.8, 4) is 0 Å². The molecule has 0 radical (unpaired) electrons. The largest absolute Gasteiger partial charge is 0.388 e. The summed E-state index contributed by atoms with van der Waals surface area (Å²) < 4.78 is 0. The number of carbonyl (C=O) groups is 1. The third-order valence-electron chi connectivity index (χ3n) is 3.35. The van der Waals surface area contributed by atoms with E-state index in [0.717, 1.165) is 4.90 Å². The van der Waals surface area contributed by atoms with E-state index in [1.807, 2.05) is 38.1 Å². The fraction of sp³-hybridized carbons (Fsp3) is 0.533. The molecule has 0 bridgehead atoms. The first kappa shape index (κ1) is 17.3. The highest BCUT2D eigenvalue weighted by atomic mass is 35.5. The van der Waals surface area contributed by atoms with E-state index in [-0.39, 0.29) is 5.91 Å². The van der Waals surface area contributed by atoms with E-state index >= 15 is 0 Å². The first-order valence-electron chi connectivity index (χ1n) is 6.87. The summed E-state index contributed by atoms with van der Waals surface area (Å²) in [7, 11) is 0. The van der Waals surface area contributed by atoms with Gasteiger partial charge >= 0.3 is 0 Å². The number of rotatable bonds is 8. The lowest BCUT2D eigenvalue weighted by molar-refractivity contribution is -0.122. The van der Waals surface area contributed by atoms with Gasteiger partial charge in [-0.2, -0.15) is 0 Å². The van der Waals surface area contributed by atoms with E-state index in [1.54, 1.807) is 11.8 Å². The predicted octanol–water partition coefficient (Wildman–Crippen LogP) is 3.49. The molecule has 1 rings (SSSR count). The van der Waals surface area contributed by atoms with Gasteiger partial charge in [0.1, 0.15) is 0 Å². The second-order valence-electron chi connectivity index (χ2n) is 4.74. The van der Waals surface area contributed by atoms with Crippen molar-refractivity contribution in [3.05, 3.63) is 29.3 Å². The van der Waals surface area contributed by atoms with Crippen molar-refractivity contribution in [1.29, 1.82) is 0 Å². The Balaban J connectivity index is 2.29. The number of carbonyl (C=O) groups excluding carboxylic acids is 1. The number of halogens is 1. The van der Waals surface area contributed by atoms with Crippen molar-refractivity contribution in [1.82, 2.24) is 5.32 Å². The fourth-order valence-corrected chi connectivity index (χ4v) is 2.85. The quantitative estimate of drug-likeness (QED) is 0.722. The zero-order valence-electron chi connectivity index (χ0n) is 12.0. The summed E-state index contributed by atoms with van der Waals surface area (Å²) in [5, 5.41) is 13.6. The maximum absolute atomic E-state index is 11.7. The molecule has 20 heavy (non-hydrogen) atoms. The van der Waals surface area contributed by atoms with Crippen LogP contribution in [-0.2, 0) is 4.79 Å². The highest BCUT2D eigenvalue weighted by molar-refractivity contribution is 7.99. The Labute approximate surface area is 130 Å². The smallest absolute Gasteiger partial charge is 0.220 e. The van der Waals surface area contributed by atoms with E-state index in [2.05, 4.69) is 5.32 Å². The number of thioether (sulfide) groups is 1. The molecule has 0 saturated carbocycles. The van der Waals surface area contributed by atoms with Gasteiger partial charge in [-0.15, -0.1) is 11.8 Å². The van der Waals surface area contributed by atoms with Gasteiger partial charge in [-0.05, 0) is 25.0 Å².